The molecule has 0 aliphatic carbocycles. The summed E-state index contributed by atoms with van der Waals surface area (Å²) in [5.41, 5.74) is 0. The highest BCUT2D eigenvalue weighted by atomic mass is 32.8. The highest BCUT2D eigenvalue weighted by Gasteiger charge is 1.46. The molecule has 0 aromatic heterocycles. The van der Waals surface area contributed by atoms with Gasteiger partial charge < -0.3 is 0 Å². The summed E-state index contributed by atoms with van der Waals surface area (Å²) in [6.07, 6.45) is 0. The molecule has 0 heterocycles. The second-order valence-electron chi connectivity index (χ2n) is 0.272. The Balaban J connectivity index is 5.08. The van der Waals surface area contributed by atoms with Crippen LogP contribution in [0.15, 0.2) is 0 Å². The quantitative estimate of drug-likeness (QED) is 0.403. The molecule has 5 heteroatoms. The fraction of sp³-hybridized carbons (Fsp3) is 0. The third kappa shape index (κ3) is 3.84. The normalized spacial score (nSPS) is 6.40. The van der Waals surface area contributed by atoms with Gasteiger partial charge in [-0.15, -0.1) is 0 Å². The summed E-state index contributed by atoms with van der Waals surface area (Å²) in [6, 6.07) is 0. The van der Waals surface area contributed by atoms with Crippen molar-refractivity contribution < 1.29 is 12.6 Å². The minimum Gasteiger partial charge on any atom is -0.195 e. The van der Waals surface area contributed by atoms with Crippen molar-refractivity contribution in [3.05, 3.63) is 0 Å². The molecule has 0 aliphatic heterocycles. The number of hydrogen-bond acceptors (Lipinski definition) is 3. The van der Waals surface area contributed by atoms with Crippen molar-refractivity contribution in [2.45, 2.75) is 0 Å². The van der Waals surface area contributed by atoms with Gasteiger partial charge in [0.05, 0.1) is 0 Å². The van der Waals surface area contributed by atoms with Crippen molar-refractivity contribution in [3.63, 3.8) is 0 Å². The van der Waals surface area contributed by atoms with Gasteiger partial charge in [-0.1, -0.05) is 0 Å². The summed E-state index contributed by atoms with van der Waals surface area (Å²) in [6.45, 7) is 0. The zero-order valence-electron chi connectivity index (χ0n) is 2.04. The minimum absolute atomic E-state index is 0.454. The molecule has 0 saturated heterocycles. The van der Waals surface area contributed by atoms with Gasteiger partial charge in [0.15, 0.2) is 0 Å². The van der Waals surface area contributed by atoms with E-state index in [1.165, 1.54) is 0 Å². The maximum atomic E-state index is 9.02. The molecule has 0 radical (unpaired) electrons. The summed E-state index contributed by atoms with van der Waals surface area (Å²) >= 11 is 0. The largest absolute Gasteiger partial charge is 0.311 e. The van der Waals surface area contributed by atoms with Gasteiger partial charge in [0.2, 0.25) is 10.2 Å². The Hall–Kier alpha value is -0.160. The van der Waals surface area contributed by atoms with E-state index < -0.39 is 19.5 Å². The van der Waals surface area contributed by atoms with Gasteiger partial charge in [-0.2, -0.15) is 12.6 Å². The topological polar surface area (TPSA) is 51.2 Å². The molecule has 0 saturated carbocycles. The van der Waals surface area contributed by atoms with Gasteiger partial charge in [-0.05, 0) is 0 Å². The summed E-state index contributed by atoms with van der Waals surface area (Å²) < 4.78 is 27.0. The van der Waals surface area contributed by atoms with E-state index in [-0.39, 0.29) is 0 Å². The zero-order chi connectivity index (χ0) is 4.28. The molecule has 0 amide bonds. The first kappa shape index (κ1) is 4.84. The van der Waals surface area contributed by atoms with Crippen molar-refractivity contribution in [3.8, 4) is 0 Å². The molecule has 0 fully saturated rings. The van der Waals surface area contributed by atoms with Crippen molar-refractivity contribution in [2.24, 2.45) is 0 Å². The second kappa shape index (κ2) is 2.10. The average Bonchev–Trinajstić information content (AvgIpc) is 1.38. The molecule has 0 rings (SSSR count). The van der Waals surface area contributed by atoms with Crippen LogP contribution in [0.4, 0.5) is 0 Å². The maximum Gasteiger partial charge on any atom is 0.311 e. The summed E-state index contributed by atoms with van der Waals surface area (Å²) in [4.78, 5) is 0. The molecule has 0 aromatic carbocycles. The van der Waals surface area contributed by atoms with Crippen LogP contribution in [0.1, 0.15) is 0 Å². The van der Waals surface area contributed by atoms with Gasteiger partial charge in [-0.25, -0.2) is 0 Å². The van der Waals surface area contributed by atoms with Crippen molar-refractivity contribution in [1.82, 2.24) is 0 Å². The summed E-state index contributed by atoms with van der Waals surface area (Å²) in [7, 11) is -2.92. The van der Waals surface area contributed by atoms with Crippen molar-refractivity contribution in [1.29, 1.82) is 0 Å². The smallest absolute Gasteiger partial charge is 0.195 e. The maximum absolute atomic E-state index is 9.02. The van der Waals surface area contributed by atoms with Crippen molar-refractivity contribution >= 4 is 19.5 Å². The lowest BCUT2D eigenvalue weighted by molar-refractivity contribution is 0.626. The SMILES string of the molecule is O=S=S(=O)=O. The minimum atomic E-state index is -2.46. The van der Waals surface area contributed by atoms with Crippen LogP contribution < -0.4 is 0 Å². The van der Waals surface area contributed by atoms with Crippen molar-refractivity contribution in [2.75, 3.05) is 0 Å². The molecule has 0 bridgehead atoms. The average molecular weight is 112 g/mol. The molecular formula is O3S2. The van der Waals surface area contributed by atoms with E-state index in [1.54, 1.807) is 0 Å². The Morgan fingerprint density at radius 2 is 1.60 bits per heavy atom. The molecule has 0 aliphatic rings. The third-order valence-corrected chi connectivity index (χ3v) is 0.500. The van der Waals surface area contributed by atoms with Crippen LogP contribution >= 0.6 is 0 Å². The van der Waals surface area contributed by atoms with E-state index in [0.717, 1.165) is 0 Å². The molecule has 5 heavy (non-hydrogen) atoms. The second-order valence-corrected chi connectivity index (χ2v) is 2.04. The first-order chi connectivity index (χ1) is 2.27. The van der Waals surface area contributed by atoms with E-state index in [0.29, 0.717) is 0 Å². The standard InChI is InChI=1S/O3S2/c1-4-5(2)3. The predicted octanol–water partition coefficient (Wildman–Crippen LogP) is -1.01. The summed E-state index contributed by atoms with van der Waals surface area (Å²) in [5, 5.41) is 0. The van der Waals surface area contributed by atoms with Gasteiger partial charge >= 0.3 is 9.26 Å². The highest BCUT2D eigenvalue weighted by molar-refractivity contribution is 8.17. The van der Waals surface area contributed by atoms with E-state index in [2.05, 4.69) is 0 Å². The zero-order valence-corrected chi connectivity index (χ0v) is 3.67. The Kier molecular flexibility index (Phi) is 2.03. The highest BCUT2D eigenvalue weighted by Crippen LogP contribution is 1.21. The van der Waals surface area contributed by atoms with Crippen LogP contribution in [0, 0.1) is 0 Å². The van der Waals surface area contributed by atoms with Crippen LogP contribution in [0.3, 0.4) is 0 Å². The van der Waals surface area contributed by atoms with Gasteiger partial charge in [0.25, 0.3) is 0 Å². The molecule has 30 valence electrons. The Bertz CT molecular complexity index is 136. The van der Waals surface area contributed by atoms with E-state index in [1.807, 2.05) is 0 Å². The van der Waals surface area contributed by atoms with Crippen LogP contribution in [0.5, 0.6) is 0 Å². The predicted molar refractivity (Wildman–Crippen MR) is 17.1 cm³/mol. The Labute approximate surface area is 32.9 Å². The fourth-order valence-corrected chi connectivity index (χ4v) is 0. The lowest BCUT2D eigenvalue weighted by Gasteiger charge is -1.20. The van der Waals surface area contributed by atoms with E-state index >= 15 is 0 Å². The van der Waals surface area contributed by atoms with E-state index in [9.17, 15) is 0 Å². The van der Waals surface area contributed by atoms with Gasteiger partial charge in [0.1, 0.15) is 0 Å². The van der Waals surface area contributed by atoms with Crippen LogP contribution in [0.25, 0.3) is 0 Å². The van der Waals surface area contributed by atoms with Gasteiger partial charge in [-0.3, -0.25) is 0 Å². The lowest BCUT2D eigenvalue weighted by atomic mass is 15.9. The lowest BCUT2D eigenvalue weighted by Crippen LogP contribution is -1.43. The molecule has 0 atom stereocenters. The first-order valence-electron chi connectivity index (χ1n) is 0.667. The molecule has 0 aromatic rings. The van der Waals surface area contributed by atoms with E-state index in [4.69, 9.17) is 12.6 Å². The Morgan fingerprint density at radius 3 is 1.60 bits per heavy atom. The molecule has 3 nitrogen and oxygen atoms in total. The Morgan fingerprint density at radius 1 is 1.40 bits per heavy atom. The fourth-order valence-electron chi connectivity index (χ4n) is 0. The number of rotatable bonds is 0. The first-order valence-corrected chi connectivity index (χ1v) is 3.00. The van der Waals surface area contributed by atoms with Gasteiger partial charge in [0, 0.05) is 0 Å². The monoisotopic (exact) mass is 112 g/mol. The summed E-state index contributed by atoms with van der Waals surface area (Å²) in [5.74, 6) is 0. The molecular weight excluding hydrogens is 112 g/mol. The molecule has 0 spiro atoms. The number of hydrogen-bond donors (Lipinski definition) is 0. The third-order valence-electron chi connectivity index (χ3n) is 0.0556. The van der Waals surface area contributed by atoms with Crippen LogP contribution in [0.2, 0.25) is 0 Å². The van der Waals surface area contributed by atoms with Crippen LogP contribution in [-0.2, 0) is 19.5 Å². The molecule has 0 N–H and O–H groups in total. The van der Waals surface area contributed by atoms with Crippen LogP contribution in [-0.4, -0.2) is 12.6 Å². The molecule has 0 unspecified atom stereocenters.